The molecule has 7 aliphatic carbocycles. The monoisotopic (exact) mass is 542 g/mol. The van der Waals surface area contributed by atoms with Crippen LogP contribution in [0.1, 0.15) is 71.6 Å². The van der Waals surface area contributed by atoms with Crippen LogP contribution in [0.2, 0.25) is 0 Å². The Kier molecular flexibility index (Phi) is 7.11. The lowest BCUT2D eigenvalue weighted by Crippen LogP contribution is -2.25. The molecule has 2 heteroatoms. The second kappa shape index (κ2) is 11.0. The zero-order chi connectivity index (χ0) is 27.8. The van der Waals surface area contributed by atoms with Gasteiger partial charge in [0.2, 0.25) is 0 Å². The van der Waals surface area contributed by atoms with Gasteiger partial charge in [-0.1, -0.05) is 80.7 Å². The molecule has 0 amide bonds. The van der Waals surface area contributed by atoms with Crippen LogP contribution < -0.4 is 0 Å². The summed E-state index contributed by atoms with van der Waals surface area (Å²) in [6.45, 7) is 4.95. The average molecular weight is 543 g/mol. The number of hydrogen-bond acceptors (Lipinski definition) is 2. The third-order valence-corrected chi connectivity index (χ3v) is 9.94. The van der Waals surface area contributed by atoms with E-state index < -0.39 is 0 Å². The highest BCUT2D eigenvalue weighted by molar-refractivity contribution is 5.61. The Morgan fingerprint density at radius 3 is 1.83 bits per heavy atom. The van der Waals surface area contributed by atoms with Gasteiger partial charge in [-0.25, -0.2) is 0 Å². The quantitative estimate of drug-likeness (QED) is 0.332. The predicted octanol–water partition coefficient (Wildman–Crippen LogP) is 9.93. The minimum atomic E-state index is 0.118. The summed E-state index contributed by atoms with van der Waals surface area (Å²) in [5.41, 5.74) is 10.7. The first-order valence-electron chi connectivity index (χ1n) is 15.7. The fourth-order valence-electron chi connectivity index (χ4n) is 7.62. The van der Waals surface area contributed by atoms with Crippen LogP contribution in [-0.2, 0) is 9.47 Å². The van der Waals surface area contributed by atoms with E-state index >= 15 is 0 Å². The standard InChI is InChI=1S/C39H42O2/c1-39(2)37-25-29(27-11-9-17-33(23-27)40-31-13-5-3-6-14-31)19-21-35(37)36-22-20-30(26-38(36)39)28-12-10-18-34(24-28)41-32-15-7-4-8-16-32/h3-5,7,9-13,15,17-19,21,26,33-34,37H,6,8,14,16,20,22-25H2,1-2H3. The van der Waals surface area contributed by atoms with E-state index in [2.05, 4.69) is 105 Å². The van der Waals surface area contributed by atoms with E-state index in [0.29, 0.717) is 5.92 Å². The van der Waals surface area contributed by atoms with Crippen molar-refractivity contribution in [3.8, 4) is 0 Å². The summed E-state index contributed by atoms with van der Waals surface area (Å²) in [5, 5.41) is 0. The number of rotatable bonds is 6. The van der Waals surface area contributed by atoms with Crippen LogP contribution in [-0.4, -0.2) is 12.2 Å². The Hall–Kier alpha value is -3.52. The van der Waals surface area contributed by atoms with Crippen molar-refractivity contribution in [2.24, 2.45) is 11.3 Å². The highest BCUT2D eigenvalue weighted by atomic mass is 16.5. The third kappa shape index (κ3) is 5.30. The minimum absolute atomic E-state index is 0.118. The van der Waals surface area contributed by atoms with E-state index in [9.17, 15) is 0 Å². The molecule has 7 aliphatic rings. The van der Waals surface area contributed by atoms with Crippen molar-refractivity contribution in [3.63, 3.8) is 0 Å². The molecule has 7 rings (SSSR count). The van der Waals surface area contributed by atoms with Gasteiger partial charge in [0.25, 0.3) is 0 Å². The van der Waals surface area contributed by atoms with Crippen LogP contribution in [0.5, 0.6) is 0 Å². The first-order valence-corrected chi connectivity index (χ1v) is 15.7. The van der Waals surface area contributed by atoms with E-state index in [1.54, 1.807) is 16.7 Å². The molecule has 210 valence electrons. The van der Waals surface area contributed by atoms with Crippen molar-refractivity contribution in [2.75, 3.05) is 0 Å². The molecule has 0 saturated heterocycles. The lowest BCUT2D eigenvalue weighted by molar-refractivity contribution is 0.145. The maximum Gasteiger partial charge on any atom is 0.121 e. The first kappa shape index (κ1) is 26.4. The molecule has 2 nitrogen and oxygen atoms in total. The molecule has 41 heavy (non-hydrogen) atoms. The van der Waals surface area contributed by atoms with Crippen molar-refractivity contribution < 1.29 is 9.47 Å². The smallest absolute Gasteiger partial charge is 0.121 e. The van der Waals surface area contributed by atoms with Crippen LogP contribution in [0.3, 0.4) is 0 Å². The lowest BCUT2D eigenvalue weighted by atomic mass is 9.70. The maximum absolute atomic E-state index is 6.38. The summed E-state index contributed by atoms with van der Waals surface area (Å²) in [4.78, 5) is 0. The van der Waals surface area contributed by atoms with Crippen LogP contribution in [0.4, 0.5) is 0 Å². The van der Waals surface area contributed by atoms with Gasteiger partial charge < -0.3 is 9.47 Å². The number of ether oxygens (including phenoxy) is 2. The number of fused-ring (bicyclic) bond motifs is 2. The summed E-state index contributed by atoms with van der Waals surface area (Å²) in [6, 6.07) is 0. The number of hydrogen-bond donors (Lipinski definition) is 0. The molecule has 0 aliphatic heterocycles. The zero-order valence-corrected chi connectivity index (χ0v) is 24.6. The van der Waals surface area contributed by atoms with Crippen LogP contribution in [0, 0.1) is 11.3 Å². The van der Waals surface area contributed by atoms with Gasteiger partial charge in [0, 0.05) is 25.7 Å². The van der Waals surface area contributed by atoms with E-state index in [4.69, 9.17) is 9.47 Å². The van der Waals surface area contributed by atoms with Gasteiger partial charge in [0.05, 0.1) is 11.5 Å². The fraction of sp³-hybridized carbons (Fsp3) is 0.385. The van der Waals surface area contributed by atoms with Crippen molar-refractivity contribution in [3.05, 3.63) is 142 Å². The van der Waals surface area contributed by atoms with Crippen molar-refractivity contribution in [2.45, 2.75) is 83.8 Å². The lowest BCUT2D eigenvalue weighted by Gasteiger charge is -2.34. The van der Waals surface area contributed by atoms with Gasteiger partial charge >= 0.3 is 0 Å². The molecule has 0 aromatic rings. The van der Waals surface area contributed by atoms with Crippen molar-refractivity contribution in [1.29, 1.82) is 0 Å². The molecule has 0 fully saturated rings. The van der Waals surface area contributed by atoms with Crippen molar-refractivity contribution >= 4 is 0 Å². The molecule has 0 spiro atoms. The summed E-state index contributed by atoms with van der Waals surface area (Å²) < 4.78 is 12.8. The highest BCUT2D eigenvalue weighted by Gasteiger charge is 2.46. The van der Waals surface area contributed by atoms with E-state index in [0.717, 1.165) is 69.3 Å². The molecule has 3 atom stereocenters. The van der Waals surface area contributed by atoms with E-state index in [-0.39, 0.29) is 17.6 Å². The second-order valence-corrected chi connectivity index (χ2v) is 12.9. The van der Waals surface area contributed by atoms with Gasteiger partial charge in [-0.2, -0.15) is 0 Å². The Morgan fingerprint density at radius 1 is 0.610 bits per heavy atom. The summed E-state index contributed by atoms with van der Waals surface area (Å²) in [6.07, 6.45) is 43.5. The summed E-state index contributed by atoms with van der Waals surface area (Å²) >= 11 is 0. The van der Waals surface area contributed by atoms with E-state index in [1.807, 2.05) is 0 Å². The minimum Gasteiger partial charge on any atom is -0.490 e. The molecule has 0 bridgehead atoms. The Balaban J connectivity index is 1.07. The Labute approximate surface area is 246 Å². The summed E-state index contributed by atoms with van der Waals surface area (Å²) in [7, 11) is 0. The predicted molar refractivity (Wildman–Crippen MR) is 169 cm³/mol. The van der Waals surface area contributed by atoms with Gasteiger partial charge in [0.15, 0.2) is 0 Å². The molecular weight excluding hydrogens is 500 g/mol. The normalized spacial score (nSPS) is 29.8. The average Bonchev–Trinajstić information content (AvgIpc) is 3.24. The molecule has 3 unspecified atom stereocenters. The molecule has 0 saturated carbocycles. The van der Waals surface area contributed by atoms with Crippen LogP contribution >= 0.6 is 0 Å². The fourth-order valence-corrected chi connectivity index (χ4v) is 7.62. The highest BCUT2D eigenvalue weighted by Crippen LogP contribution is 2.58. The van der Waals surface area contributed by atoms with Gasteiger partial charge in [-0.05, 0) is 107 Å². The summed E-state index contributed by atoms with van der Waals surface area (Å²) in [5.74, 6) is 2.76. The molecule has 0 N–H and O–H groups in total. The molecule has 0 heterocycles. The van der Waals surface area contributed by atoms with Crippen molar-refractivity contribution in [1.82, 2.24) is 0 Å². The first-order chi connectivity index (χ1) is 20.0. The Morgan fingerprint density at radius 2 is 1.22 bits per heavy atom. The third-order valence-electron chi connectivity index (χ3n) is 9.94. The Bertz CT molecular complexity index is 1480. The van der Waals surface area contributed by atoms with Gasteiger partial charge in [0.1, 0.15) is 12.2 Å². The molecule has 0 aromatic heterocycles. The maximum atomic E-state index is 6.38. The van der Waals surface area contributed by atoms with E-state index in [1.165, 1.54) is 22.3 Å². The van der Waals surface area contributed by atoms with Gasteiger partial charge in [-0.3, -0.25) is 0 Å². The molecular formula is C39H42O2. The second-order valence-electron chi connectivity index (χ2n) is 12.9. The largest absolute Gasteiger partial charge is 0.490 e. The number of allylic oxidation sites excluding steroid dienone is 20. The van der Waals surface area contributed by atoms with Crippen LogP contribution in [0.15, 0.2) is 142 Å². The van der Waals surface area contributed by atoms with Crippen LogP contribution in [0.25, 0.3) is 0 Å². The topological polar surface area (TPSA) is 18.5 Å². The zero-order valence-electron chi connectivity index (χ0n) is 24.6. The SMILES string of the molecule is CC1(C)C2=C(CCC(C3=CC=CC(OC4=CC=CCC4)C3)=C2)C2=CC=C(C3=CC=CC(OC4=CC=CCC4)C3)CC21. The van der Waals surface area contributed by atoms with Gasteiger partial charge in [-0.15, -0.1) is 0 Å². The molecule has 0 radical (unpaired) electrons. The molecule has 0 aromatic carbocycles.